The van der Waals surface area contributed by atoms with Crippen molar-refractivity contribution in [1.29, 1.82) is 0 Å². The average molecular weight is 341 g/mol. The monoisotopic (exact) mass is 341 g/mol. The number of aryl methyl sites for hydroxylation is 1. The number of benzene rings is 2. The summed E-state index contributed by atoms with van der Waals surface area (Å²) in [5.74, 6) is 1.46. The van der Waals surface area contributed by atoms with Gasteiger partial charge in [-0.2, -0.15) is 0 Å². The van der Waals surface area contributed by atoms with E-state index in [0.717, 1.165) is 23.3 Å². The van der Waals surface area contributed by atoms with E-state index in [1.807, 2.05) is 31.2 Å². The predicted octanol–water partition coefficient (Wildman–Crippen LogP) is 2.55. The molecule has 5 nitrogen and oxygen atoms in total. The highest BCUT2D eigenvalue weighted by Gasteiger charge is 2.28. The van der Waals surface area contributed by atoms with Gasteiger partial charge in [-0.1, -0.05) is 30.3 Å². The summed E-state index contributed by atoms with van der Waals surface area (Å²) in [7, 11) is 0. The van der Waals surface area contributed by atoms with Crippen LogP contribution < -0.4 is 9.47 Å². The smallest absolute Gasteiger partial charge is 0.260 e. The van der Waals surface area contributed by atoms with Gasteiger partial charge in [-0.05, 0) is 36.2 Å². The maximum absolute atomic E-state index is 12.3. The Balaban J connectivity index is 1.48. The van der Waals surface area contributed by atoms with Gasteiger partial charge in [0.2, 0.25) is 0 Å². The summed E-state index contributed by atoms with van der Waals surface area (Å²) in [6, 6.07) is 15.0. The van der Waals surface area contributed by atoms with E-state index in [0.29, 0.717) is 18.8 Å². The highest BCUT2D eigenvalue weighted by atomic mass is 16.5. The van der Waals surface area contributed by atoms with Gasteiger partial charge < -0.3 is 19.5 Å². The zero-order valence-corrected chi connectivity index (χ0v) is 14.4. The van der Waals surface area contributed by atoms with Crippen LogP contribution in [0, 0.1) is 6.92 Å². The number of amides is 1. The summed E-state index contributed by atoms with van der Waals surface area (Å²) in [6.07, 6.45) is 0.847. The van der Waals surface area contributed by atoms with E-state index in [4.69, 9.17) is 14.6 Å². The number of carbonyl (C=O) groups excluding carboxylic acids is 1. The number of aliphatic hydroxyl groups excluding tert-OH is 1. The van der Waals surface area contributed by atoms with Crippen LogP contribution in [0.2, 0.25) is 0 Å². The first-order chi connectivity index (χ1) is 12.2. The van der Waals surface area contributed by atoms with Crippen molar-refractivity contribution in [1.82, 2.24) is 4.90 Å². The number of ether oxygens (including phenoxy) is 2. The fraction of sp³-hybridized carbons (Fsp3) is 0.350. The summed E-state index contributed by atoms with van der Waals surface area (Å²) < 4.78 is 11.6. The molecule has 0 saturated carbocycles. The molecular formula is C20H23NO4. The summed E-state index contributed by atoms with van der Waals surface area (Å²) in [5, 5.41) is 9.02. The van der Waals surface area contributed by atoms with Gasteiger partial charge >= 0.3 is 0 Å². The summed E-state index contributed by atoms with van der Waals surface area (Å²) in [4.78, 5) is 14.1. The predicted molar refractivity (Wildman–Crippen MR) is 94.7 cm³/mol. The zero-order valence-electron chi connectivity index (χ0n) is 14.4. The Labute approximate surface area is 147 Å². The summed E-state index contributed by atoms with van der Waals surface area (Å²) >= 11 is 0. The second-order valence-electron chi connectivity index (χ2n) is 6.22. The molecule has 1 heterocycles. The molecule has 25 heavy (non-hydrogen) atoms. The Bertz CT molecular complexity index is 714. The minimum Gasteiger partial charge on any atom is -0.488 e. The van der Waals surface area contributed by atoms with Crippen LogP contribution in [0.4, 0.5) is 0 Å². The lowest BCUT2D eigenvalue weighted by Gasteiger charge is -2.18. The largest absolute Gasteiger partial charge is 0.488 e. The SMILES string of the molecule is Cc1ccccc1O[C@H]1CCN(C(=O)COc2ccc(CO)cc2)C1. The van der Waals surface area contributed by atoms with Crippen molar-refractivity contribution >= 4 is 5.91 Å². The van der Waals surface area contributed by atoms with Gasteiger partial charge in [0.25, 0.3) is 5.91 Å². The Morgan fingerprint density at radius 3 is 2.68 bits per heavy atom. The van der Waals surface area contributed by atoms with Crippen molar-refractivity contribution in [2.75, 3.05) is 19.7 Å². The summed E-state index contributed by atoms with van der Waals surface area (Å²) in [5.41, 5.74) is 1.91. The molecule has 1 saturated heterocycles. The second kappa shape index (κ2) is 8.03. The van der Waals surface area contributed by atoms with Crippen molar-refractivity contribution in [2.24, 2.45) is 0 Å². The van der Waals surface area contributed by atoms with Gasteiger partial charge in [-0.3, -0.25) is 4.79 Å². The molecule has 0 aromatic heterocycles. The molecule has 1 aliphatic heterocycles. The first-order valence-electron chi connectivity index (χ1n) is 8.48. The highest BCUT2D eigenvalue weighted by Crippen LogP contribution is 2.22. The number of nitrogens with zero attached hydrogens (tertiary/aromatic N) is 1. The molecule has 0 aliphatic carbocycles. The first-order valence-corrected chi connectivity index (χ1v) is 8.48. The van der Waals surface area contributed by atoms with E-state index in [2.05, 4.69) is 0 Å². The molecule has 132 valence electrons. The number of rotatable bonds is 6. The van der Waals surface area contributed by atoms with Crippen molar-refractivity contribution in [3.8, 4) is 11.5 Å². The Kier molecular flexibility index (Phi) is 5.56. The highest BCUT2D eigenvalue weighted by molar-refractivity contribution is 5.78. The Hall–Kier alpha value is -2.53. The maximum Gasteiger partial charge on any atom is 0.260 e. The quantitative estimate of drug-likeness (QED) is 0.877. The number of carbonyl (C=O) groups is 1. The van der Waals surface area contributed by atoms with Gasteiger partial charge in [0.05, 0.1) is 13.2 Å². The Morgan fingerprint density at radius 1 is 1.20 bits per heavy atom. The third kappa shape index (κ3) is 4.51. The molecule has 0 spiro atoms. The normalized spacial score (nSPS) is 16.7. The van der Waals surface area contributed by atoms with Crippen LogP contribution in [-0.2, 0) is 11.4 Å². The van der Waals surface area contributed by atoms with Crippen LogP contribution in [0.15, 0.2) is 48.5 Å². The minimum atomic E-state index is -0.0397. The standard InChI is InChI=1S/C20H23NO4/c1-15-4-2-3-5-19(15)25-18-10-11-21(12-18)20(23)14-24-17-8-6-16(13-22)7-9-17/h2-9,18,22H,10-14H2,1H3/t18-/m0/s1. The number of hydrogen-bond acceptors (Lipinski definition) is 4. The molecular weight excluding hydrogens is 318 g/mol. The summed E-state index contributed by atoms with van der Waals surface area (Å²) in [6.45, 7) is 3.29. The molecule has 0 radical (unpaired) electrons. The molecule has 1 amide bonds. The molecule has 1 N–H and O–H groups in total. The van der Waals surface area contributed by atoms with Crippen molar-refractivity contribution < 1.29 is 19.4 Å². The van der Waals surface area contributed by atoms with E-state index in [-0.39, 0.29) is 25.2 Å². The van der Waals surface area contributed by atoms with Crippen molar-refractivity contribution in [3.05, 3.63) is 59.7 Å². The maximum atomic E-state index is 12.3. The second-order valence-corrected chi connectivity index (χ2v) is 6.22. The fourth-order valence-corrected chi connectivity index (χ4v) is 2.85. The van der Waals surface area contributed by atoms with Gasteiger partial charge in [-0.15, -0.1) is 0 Å². The van der Waals surface area contributed by atoms with Gasteiger partial charge in [0, 0.05) is 13.0 Å². The van der Waals surface area contributed by atoms with Crippen LogP contribution in [0.3, 0.4) is 0 Å². The van der Waals surface area contributed by atoms with E-state index in [9.17, 15) is 4.79 Å². The Morgan fingerprint density at radius 2 is 1.96 bits per heavy atom. The van der Waals surface area contributed by atoms with Gasteiger partial charge in [0.15, 0.2) is 6.61 Å². The molecule has 0 unspecified atom stereocenters. The van der Waals surface area contributed by atoms with E-state index < -0.39 is 0 Å². The fourth-order valence-electron chi connectivity index (χ4n) is 2.85. The van der Waals surface area contributed by atoms with E-state index in [1.165, 1.54) is 0 Å². The van der Waals surface area contributed by atoms with Crippen LogP contribution in [0.25, 0.3) is 0 Å². The van der Waals surface area contributed by atoms with Crippen LogP contribution in [0.5, 0.6) is 11.5 Å². The van der Waals surface area contributed by atoms with Crippen LogP contribution in [-0.4, -0.2) is 41.7 Å². The van der Waals surface area contributed by atoms with Crippen molar-refractivity contribution in [2.45, 2.75) is 26.1 Å². The molecule has 3 rings (SSSR count). The van der Waals surface area contributed by atoms with E-state index >= 15 is 0 Å². The average Bonchev–Trinajstić information content (AvgIpc) is 3.11. The zero-order chi connectivity index (χ0) is 17.6. The molecule has 5 heteroatoms. The number of likely N-dealkylation sites (tertiary alicyclic amines) is 1. The minimum absolute atomic E-state index is 0.00470. The van der Waals surface area contributed by atoms with Crippen LogP contribution >= 0.6 is 0 Å². The van der Waals surface area contributed by atoms with E-state index in [1.54, 1.807) is 29.2 Å². The molecule has 1 aliphatic rings. The first kappa shape index (κ1) is 17.3. The lowest BCUT2D eigenvalue weighted by atomic mass is 10.2. The van der Waals surface area contributed by atoms with Gasteiger partial charge in [0.1, 0.15) is 17.6 Å². The third-order valence-electron chi connectivity index (χ3n) is 4.35. The molecule has 1 fully saturated rings. The third-order valence-corrected chi connectivity index (χ3v) is 4.35. The lowest BCUT2D eigenvalue weighted by molar-refractivity contribution is -0.132. The van der Waals surface area contributed by atoms with Gasteiger partial charge in [-0.25, -0.2) is 0 Å². The molecule has 2 aromatic carbocycles. The molecule has 1 atom stereocenters. The molecule has 0 bridgehead atoms. The topological polar surface area (TPSA) is 59.0 Å². The number of para-hydroxylation sites is 1. The number of aliphatic hydroxyl groups is 1. The lowest BCUT2D eigenvalue weighted by Crippen LogP contribution is -2.34. The number of hydrogen-bond donors (Lipinski definition) is 1. The van der Waals surface area contributed by atoms with Crippen molar-refractivity contribution in [3.63, 3.8) is 0 Å². The molecule has 2 aromatic rings. The van der Waals surface area contributed by atoms with Crippen LogP contribution in [0.1, 0.15) is 17.5 Å².